The highest BCUT2D eigenvalue weighted by atomic mass is 16.4. The van der Waals surface area contributed by atoms with Gasteiger partial charge in [0.25, 0.3) is 0 Å². The van der Waals surface area contributed by atoms with Crippen molar-refractivity contribution in [3.63, 3.8) is 0 Å². The van der Waals surface area contributed by atoms with Gasteiger partial charge >= 0.3 is 11.9 Å². The molecule has 11 N–H and O–H groups in total. The molecule has 0 aliphatic heterocycles. The summed E-state index contributed by atoms with van der Waals surface area (Å²) in [6.07, 6.45) is -1.60. The van der Waals surface area contributed by atoms with E-state index in [-0.39, 0.29) is 38.0 Å². The summed E-state index contributed by atoms with van der Waals surface area (Å²) in [5.41, 5.74) is 16.0. The Morgan fingerprint density at radius 3 is 1.47 bits per heavy atom. The monoisotopic (exact) mass is 516 g/mol. The summed E-state index contributed by atoms with van der Waals surface area (Å²) in [5, 5.41) is 25.1. The number of hydrogen-bond acceptors (Lipinski definition) is 8. The Balaban J connectivity index is 5.68. The molecule has 0 radical (unpaired) electrons. The lowest BCUT2D eigenvalue weighted by molar-refractivity contribution is -0.142. The highest BCUT2D eigenvalue weighted by Gasteiger charge is 2.31. The standard InChI is InChI=1S/C21H36N6O9/c1-3-10(2)17(24)20(34)26-12(6-9-16(30)31)18(32)25-11(4-7-14(22)28)19(33)27-13(21(35)36)5-8-15(23)29/h10-13,17H,3-9,24H2,1-2H3,(H2,22,28)(H2,23,29)(H,25,32)(H,26,34)(H,27,33)(H,30,31)(H,35,36). The first kappa shape index (κ1) is 32.2. The summed E-state index contributed by atoms with van der Waals surface area (Å²) in [6, 6.07) is -5.36. The van der Waals surface area contributed by atoms with E-state index in [0.29, 0.717) is 6.42 Å². The van der Waals surface area contributed by atoms with Crippen LogP contribution in [0.3, 0.4) is 0 Å². The molecule has 0 aromatic heterocycles. The van der Waals surface area contributed by atoms with Gasteiger partial charge in [0.15, 0.2) is 0 Å². The second-order valence-electron chi connectivity index (χ2n) is 8.38. The summed E-state index contributed by atoms with van der Waals surface area (Å²) < 4.78 is 0. The first-order valence-electron chi connectivity index (χ1n) is 11.4. The number of hydrogen-bond donors (Lipinski definition) is 8. The van der Waals surface area contributed by atoms with Crippen LogP contribution in [-0.2, 0) is 33.6 Å². The summed E-state index contributed by atoms with van der Waals surface area (Å²) in [7, 11) is 0. The van der Waals surface area contributed by atoms with Crippen LogP contribution >= 0.6 is 0 Å². The molecule has 0 saturated heterocycles. The van der Waals surface area contributed by atoms with Crippen LogP contribution in [-0.4, -0.2) is 75.9 Å². The number of carbonyl (C=O) groups excluding carboxylic acids is 5. The molecule has 0 heterocycles. The summed E-state index contributed by atoms with van der Waals surface area (Å²) >= 11 is 0. The minimum atomic E-state index is -1.52. The fraction of sp³-hybridized carbons (Fsp3) is 0.667. The first-order chi connectivity index (χ1) is 16.7. The van der Waals surface area contributed by atoms with E-state index in [1.165, 1.54) is 0 Å². The smallest absolute Gasteiger partial charge is 0.326 e. The van der Waals surface area contributed by atoms with E-state index >= 15 is 0 Å². The van der Waals surface area contributed by atoms with E-state index in [2.05, 4.69) is 16.0 Å². The van der Waals surface area contributed by atoms with Crippen molar-refractivity contribution < 1.29 is 43.8 Å². The predicted molar refractivity (Wildman–Crippen MR) is 125 cm³/mol. The molecule has 15 nitrogen and oxygen atoms in total. The van der Waals surface area contributed by atoms with Gasteiger partial charge in [0, 0.05) is 19.3 Å². The molecule has 0 bridgehead atoms. The zero-order valence-electron chi connectivity index (χ0n) is 20.3. The number of nitrogens with one attached hydrogen (secondary N) is 3. The molecule has 0 saturated carbocycles. The van der Waals surface area contributed by atoms with Crippen LogP contribution in [0.2, 0.25) is 0 Å². The fourth-order valence-electron chi connectivity index (χ4n) is 2.96. The molecular formula is C21H36N6O9. The lowest BCUT2D eigenvalue weighted by Crippen LogP contribution is -2.57. The van der Waals surface area contributed by atoms with E-state index in [0.717, 1.165) is 0 Å². The van der Waals surface area contributed by atoms with E-state index in [4.69, 9.17) is 22.3 Å². The van der Waals surface area contributed by atoms with Gasteiger partial charge in [-0.3, -0.25) is 28.8 Å². The fourth-order valence-corrected chi connectivity index (χ4v) is 2.96. The van der Waals surface area contributed by atoms with Gasteiger partial charge in [-0.25, -0.2) is 4.79 Å². The third-order valence-corrected chi connectivity index (χ3v) is 5.45. The number of rotatable bonds is 18. The maximum absolute atomic E-state index is 12.9. The number of carbonyl (C=O) groups is 7. The molecule has 5 unspecified atom stereocenters. The van der Waals surface area contributed by atoms with Crippen molar-refractivity contribution >= 4 is 41.5 Å². The van der Waals surface area contributed by atoms with Gasteiger partial charge in [0.05, 0.1) is 6.04 Å². The summed E-state index contributed by atoms with van der Waals surface area (Å²) in [4.78, 5) is 82.8. The summed E-state index contributed by atoms with van der Waals surface area (Å²) in [5.74, 6) is -7.19. The predicted octanol–water partition coefficient (Wildman–Crippen LogP) is -2.71. The van der Waals surface area contributed by atoms with Crippen LogP contribution < -0.4 is 33.2 Å². The molecule has 0 aliphatic rings. The quantitative estimate of drug-likeness (QED) is 0.0932. The van der Waals surface area contributed by atoms with Crippen molar-refractivity contribution in [1.29, 1.82) is 0 Å². The Bertz CT molecular complexity index is 835. The molecule has 0 aromatic rings. The molecule has 204 valence electrons. The van der Waals surface area contributed by atoms with Crippen LogP contribution in [0, 0.1) is 5.92 Å². The third kappa shape index (κ3) is 12.6. The molecule has 15 heteroatoms. The van der Waals surface area contributed by atoms with Gasteiger partial charge in [-0.1, -0.05) is 20.3 Å². The minimum Gasteiger partial charge on any atom is -0.481 e. The van der Waals surface area contributed by atoms with Crippen molar-refractivity contribution in [2.45, 2.75) is 83.0 Å². The second kappa shape index (κ2) is 16.0. The average Bonchev–Trinajstić information content (AvgIpc) is 2.79. The molecule has 0 aliphatic carbocycles. The number of nitrogens with two attached hydrogens (primary N) is 3. The van der Waals surface area contributed by atoms with Gasteiger partial charge in [-0.2, -0.15) is 0 Å². The van der Waals surface area contributed by atoms with Crippen molar-refractivity contribution in [3.8, 4) is 0 Å². The highest BCUT2D eigenvalue weighted by Crippen LogP contribution is 2.08. The minimum absolute atomic E-state index is 0.240. The Morgan fingerprint density at radius 2 is 1.08 bits per heavy atom. The molecule has 0 spiro atoms. The van der Waals surface area contributed by atoms with Crippen LogP contribution in [0.4, 0.5) is 0 Å². The molecule has 36 heavy (non-hydrogen) atoms. The SMILES string of the molecule is CCC(C)C(N)C(=O)NC(CCC(=O)O)C(=O)NC(CCC(N)=O)C(=O)NC(CCC(N)=O)C(=O)O. The number of amides is 5. The molecule has 0 aromatic carbocycles. The van der Waals surface area contributed by atoms with Crippen LogP contribution in [0.1, 0.15) is 58.8 Å². The van der Waals surface area contributed by atoms with Crippen molar-refractivity contribution in [3.05, 3.63) is 0 Å². The Hall–Kier alpha value is -3.75. The zero-order chi connectivity index (χ0) is 28.0. The number of primary amides is 2. The van der Waals surface area contributed by atoms with Gasteiger partial charge < -0.3 is 43.4 Å². The highest BCUT2D eigenvalue weighted by molar-refractivity contribution is 5.94. The van der Waals surface area contributed by atoms with Crippen molar-refractivity contribution in [2.75, 3.05) is 0 Å². The third-order valence-electron chi connectivity index (χ3n) is 5.45. The van der Waals surface area contributed by atoms with Gasteiger partial charge in [-0.15, -0.1) is 0 Å². The van der Waals surface area contributed by atoms with Crippen molar-refractivity contribution in [2.24, 2.45) is 23.1 Å². The maximum atomic E-state index is 12.9. The van der Waals surface area contributed by atoms with Crippen molar-refractivity contribution in [1.82, 2.24) is 16.0 Å². The Kier molecular flexibility index (Phi) is 14.4. The zero-order valence-corrected chi connectivity index (χ0v) is 20.3. The van der Waals surface area contributed by atoms with Crippen LogP contribution in [0.25, 0.3) is 0 Å². The Labute approximate surface area is 207 Å². The molecular weight excluding hydrogens is 480 g/mol. The number of aliphatic carboxylic acids is 2. The molecule has 0 fully saturated rings. The Morgan fingerprint density at radius 1 is 0.694 bits per heavy atom. The second-order valence-corrected chi connectivity index (χ2v) is 8.38. The first-order valence-corrected chi connectivity index (χ1v) is 11.4. The molecule has 5 atom stereocenters. The largest absolute Gasteiger partial charge is 0.481 e. The van der Waals surface area contributed by atoms with Gasteiger partial charge in [0.1, 0.15) is 18.1 Å². The van der Waals surface area contributed by atoms with Crippen LogP contribution in [0.5, 0.6) is 0 Å². The maximum Gasteiger partial charge on any atom is 0.326 e. The average molecular weight is 517 g/mol. The van der Waals surface area contributed by atoms with E-state index in [1.807, 2.05) is 6.92 Å². The molecule has 5 amide bonds. The summed E-state index contributed by atoms with van der Waals surface area (Å²) in [6.45, 7) is 3.53. The van der Waals surface area contributed by atoms with Crippen LogP contribution in [0.15, 0.2) is 0 Å². The number of carboxylic acid groups (broad SMARTS) is 2. The lowest BCUT2D eigenvalue weighted by atomic mass is 9.98. The number of carboxylic acids is 2. The van der Waals surface area contributed by atoms with Gasteiger partial charge in [0.2, 0.25) is 29.5 Å². The lowest BCUT2D eigenvalue weighted by Gasteiger charge is -2.26. The topological polar surface area (TPSA) is 274 Å². The van der Waals surface area contributed by atoms with Gasteiger partial charge in [-0.05, 0) is 25.2 Å². The molecule has 0 rings (SSSR count). The van der Waals surface area contributed by atoms with E-state index in [1.54, 1.807) is 6.92 Å². The van der Waals surface area contributed by atoms with E-state index in [9.17, 15) is 38.7 Å². The normalized spacial score (nSPS) is 14.9. The van der Waals surface area contributed by atoms with E-state index < -0.39 is 72.1 Å².